The smallest absolute Gasteiger partial charge is 0.299 e. The molecule has 20 heavy (non-hydrogen) atoms. The second-order valence-electron chi connectivity index (χ2n) is 4.42. The van der Waals surface area contributed by atoms with Crippen LogP contribution in [0, 0.1) is 5.82 Å². The van der Waals surface area contributed by atoms with E-state index in [-0.39, 0.29) is 22.8 Å². The summed E-state index contributed by atoms with van der Waals surface area (Å²) in [5.74, 6) is -2.06. The molecule has 3 nitrogen and oxygen atoms in total. The van der Waals surface area contributed by atoms with Gasteiger partial charge in [0.15, 0.2) is 0 Å². The number of anilines is 1. The number of benzene rings is 1. The fourth-order valence-corrected chi connectivity index (χ4v) is 3.18. The number of Topliss-reactive ketones (excluding diaryl/α,β-unsaturated/α-hetero) is 1. The maximum atomic E-state index is 13.9. The Labute approximate surface area is 123 Å². The monoisotopic (exact) mass is 309 g/mol. The SMILES string of the molecule is O=C1C(=O)N(CCc2ccsc2)c2c(F)ccc(Cl)c21. The third-order valence-corrected chi connectivity index (χ3v) is 4.27. The second-order valence-corrected chi connectivity index (χ2v) is 5.61. The molecule has 6 heteroatoms. The van der Waals surface area contributed by atoms with Crippen molar-refractivity contribution in [3.05, 3.63) is 50.9 Å². The Hall–Kier alpha value is -1.72. The lowest BCUT2D eigenvalue weighted by Crippen LogP contribution is -2.32. The van der Waals surface area contributed by atoms with Crippen molar-refractivity contribution in [2.75, 3.05) is 11.4 Å². The minimum absolute atomic E-state index is 0.00253. The fraction of sp³-hybridized carbons (Fsp3) is 0.143. The molecular formula is C14H9ClFNO2S. The van der Waals surface area contributed by atoms with Gasteiger partial charge in [-0.05, 0) is 40.9 Å². The van der Waals surface area contributed by atoms with Gasteiger partial charge in [-0.2, -0.15) is 11.3 Å². The van der Waals surface area contributed by atoms with Crippen molar-refractivity contribution < 1.29 is 14.0 Å². The molecule has 0 saturated carbocycles. The van der Waals surface area contributed by atoms with Crippen LogP contribution in [0.3, 0.4) is 0 Å². The third kappa shape index (κ3) is 2.03. The van der Waals surface area contributed by atoms with Gasteiger partial charge < -0.3 is 4.90 Å². The first-order valence-electron chi connectivity index (χ1n) is 5.95. The molecule has 102 valence electrons. The molecule has 0 radical (unpaired) electrons. The van der Waals surface area contributed by atoms with Crippen LogP contribution in [0.5, 0.6) is 0 Å². The summed E-state index contributed by atoms with van der Waals surface area (Å²) >= 11 is 7.45. The Bertz CT molecular complexity index is 699. The maximum Gasteiger partial charge on any atom is 0.299 e. The Morgan fingerprint density at radius 2 is 2.05 bits per heavy atom. The fourth-order valence-electron chi connectivity index (χ4n) is 2.24. The van der Waals surface area contributed by atoms with Crippen molar-refractivity contribution in [3.63, 3.8) is 0 Å². The number of rotatable bonds is 3. The molecule has 0 bridgehead atoms. The lowest BCUT2D eigenvalue weighted by Gasteiger charge is -2.16. The van der Waals surface area contributed by atoms with Gasteiger partial charge in [0.1, 0.15) is 5.82 Å². The number of halogens is 2. The van der Waals surface area contributed by atoms with Crippen molar-refractivity contribution in [2.24, 2.45) is 0 Å². The average Bonchev–Trinajstić information content (AvgIpc) is 3.02. The zero-order valence-electron chi connectivity index (χ0n) is 10.2. The van der Waals surface area contributed by atoms with E-state index in [0.717, 1.165) is 5.56 Å². The Kier molecular flexibility index (Phi) is 3.31. The molecule has 0 aliphatic carbocycles. The summed E-state index contributed by atoms with van der Waals surface area (Å²) in [5, 5.41) is 3.99. The molecule has 3 rings (SSSR count). The minimum atomic E-state index is -0.741. The molecule has 0 N–H and O–H groups in total. The van der Waals surface area contributed by atoms with Gasteiger partial charge in [-0.3, -0.25) is 9.59 Å². The van der Waals surface area contributed by atoms with E-state index in [4.69, 9.17) is 11.6 Å². The van der Waals surface area contributed by atoms with Crippen molar-refractivity contribution >= 4 is 40.3 Å². The molecule has 1 amide bonds. The summed E-state index contributed by atoms with van der Waals surface area (Å²) in [6, 6.07) is 4.40. The summed E-state index contributed by atoms with van der Waals surface area (Å²) in [6.07, 6.45) is 0.563. The largest absolute Gasteiger partial charge is 0.302 e. The standard InChI is InChI=1S/C14H9ClFNO2S/c15-9-1-2-10(16)12-11(9)13(18)14(19)17(12)5-3-8-4-6-20-7-8/h1-2,4,6-7H,3,5H2. The molecule has 2 aromatic rings. The van der Waals surface area contributed by atoms with E-state index in [1.165, 1.54) is 17.0 Å². The Morgan fingerprint density at radius 1 is 1.25 bits per heavy atom. The molecule has 2 heterocycles. The van der Waals surface area contributed by atoms with Crippen molar-refractivity contribution in [1.29, 1.82) is 0 Å². The van der Waals surface area contributed by atoms with E-state index in [1.807, 2.05) is 16.8 Å². The van der Waals surface area contributed by atoms with Gasteiger partial charge in [-0.1, -0.05) is 11.6 Å². The summed E-state index contributed by atoms with van der Waals surface area (Å²) < 4.78 is 13.9. The number of carbonyl (C=O) groups is 2. The predicted octanol–water partition coefficient (Wildman–Crippen LogP) is 3.31. The van der Waals surface area contributed by atoms with Crippen LogP contribution in [-0.2, 0) is 11.2 Å². The van der Waals surface area contributed by atoms with Crippen LogP contribution in [0.1, 0.15) is 15.9 Å². The molecule has 1 aliphatic heterocycles. The molecule has 1 aromatic heterocycles. The average molecular weight is 310 g/mol. The quantitative estimate of drug-likeness (QED) is 0.816. The Morgan fingerprint density at radius 3 is 2.75 bits per heavy atom. The number of hydrogen-bond donors (Lipinski definition) is 0. The third-order valence-electron chi connectivity index (χ3n) is 3.22. The summed E-state index contributed by atoms with van der Waals surface area (Å²) in [4.78, 5) is 25.1. The van der Waals surface area contributed by atoms with Crippen LogP contribution in [0.25, 0.3) is 0 Å². The van der Waals surface area contributed by atoms with Crippen LogP contribution >= 0.6 is 22.9 Å². The van der Waals surface area contributed by atoms with Crippen LogP contribution in [0.15, 0.2) is 29.0 Å². The van der Waals surface area contributed by atoms with E-state index < -0.39 is 17.5 Å². The molecule has 1 aliphatic rings. The first-order valence-corrected chi connectivity index (χ1v) is 7.27. The van der Waals surface area contributed by atoms with Gasteiger partial charge in [0.05, 0.1) is 16.3 Å². The van der Waals surface area contributed by atoms with Gasteiger partial charge in [-0.15, -0.1) is 0 Å². The van der Waals surface area contributed by atoms with Crippen LogP contribution in [0.4, 0.5) is 10.1 Å². The van der Waals surface area contributed by atoms with Crippen LogP contribution in [0.2, 0.25) is 5.02 Å². The number of hydrogen-bond acceptors (Lipinski definition) is 3. The number of thiophene rings is 1. The Balaban J connectivity index is 1.96. The van der Waals surface area contributed by atoms with Gasteiger partial charge in [-0.25, -0.2) is 4.39 Å². The zero-order valence-corrected chi connectivity index (χ0v) is 11.8. The first-order chi connectivity index (χ1) is 9.59. The number of nitrogens with zero attached hydrogens (tertiary/aromatic N) is 1. The van der Waals surface area contributed by atoms with Gasteiger partial charge in [0.25, 0.3) is 11.7 Å². The van der Waals surface area contributed by atoms with Gasteiger partial charge in [0.2, 0.25) is 0 Å². The highest BCUT2D eigenvalue weighted by Gasteiger charge is 2.39. The van der Waals surface area contributed by atoms with E-state index in [9.17, 15) is 14.0 Å². The minimum Gasteiger partial charge on any atom is -0.302 e. The first kappa shape index (κ1) is 13.3. The number of amides is 1. The topological polar surface area (TPSA) is 37.4 Å². The van der Waals surface area contributed by atoms with E-state index in [0.29, 0.717) is 6.42 Å². The van der Waals surface area contributed by atoms with Crippen molar-refractivity contribution in [2.45, 2.75) is 6.42 Å². The number of carbonyl (C=O) groups excluding carboxylic acids is 2. The number of fused-ring (bicyclic) bond motifs is 1. The lowest BCUT2D eigenvalue weighted by molar-refractivity contribution is -0.114. The van der Waals surface area contributed by atoms with E-state index in [1.54, 1.807) is 11.3 Å². The molecule has 0 unspecified atom stereocenters. The highest BCUT2D eigenvalue weighted by molar-refractivity contribution is 7.07. The maximum absolute atomic E-state index is 13.9. The predicted molar refractivity (Wildman–Crippen MR) is 76.1 cm³/mol. The van der Waals surface area contributed by atoms with Crippen molar-refractivity contribution in [1.82, 2.24) is 0 Å². The van der Waals surface area contributed by atoms with Gasteiger partial charge in [0, 0.05) is 6.54 Å². The molecule has 0 fully saturated rings. The lowest BCUT2D eigenvalue weighted by atomic mass is 10.1. The summed E-state index contributed by atoms with van der Waals surface area (Å²) in [7, 11) is 0. The summed E-state index contributed by atoms with van der Waals surface area (Å²) in [5.41, 5.74) is 1.02. The molecule has 1 aromatic carbocycles. The van der Waals surface area contributed by atoms with E-state index in [2.05, 4.69) is 0 Å². The highest BCUT2D eigenvalue weighted by Crippen LogP contribution is 2.36. The number of ketones is 1. The zero-order chi connectivity index (χ0) is 14.3. The molecule has 0 saturated heterocycles. The van der Waals surface area contributed by atoms with Gasteiger partial charge >= 0.3 is 0 Å². The van der Waals surface area contributed by atoms with Crippen LogP contribution in [-0.4, -0.2) is 18.2 Å². The van der Waals surface area contributed by atoms with Crippen molar-refractivity contribution in [3.8, 4) is 0 Å². The summed E-state index contributed by atoms with van der Waals surface area (Å²) in [6.45, 7) is 0.256. The van der Waals surface area contributed by atoms with Crippen LogP contribution < -0.4 is 4.90 Å². The second kappa shape index (κ2) is 5.00. The normalized spacial score (nSPS) is 14.0. The molecular weight excluding hydrogens is 301 g/mol. The highest BCUT2D eigenvalue weighted by atomic mass is 35.5. The van der Waals surface area contributed by atoms with E-state index >= 15 is 0 Å². The molecule has 0 atom stereocenters. The molecule has 0 spiro atoms.